The maximum Gasteiger partial charge on any atom is 0.416 e. The van der Waals surface area contributed by atoms with Gasteiger partial charge in [-0.2, -0.15) is 13.2 Å². The Labute approximate surface area is 98.6 Å². The van der Waals surface area contributed by atoms with Gasteiger partial charge in [-0.3, -0.25) is 4.79 Å². The number of ketones is 1. The third-order valence-corrected chi connectivity index (χ3v) is 2.49. The molecule has 0 saturated carbocycles. The van der Waals surface area contributed by atoms with Crippen LogP contribution in [0, 0.1) is 12.8 Å². The van der Waals surface area contributed by atoms with Crippen molar-refractivity contribution in [3.05, 3.63) is 34.9 Å². The van der Waals surface area contributed by atoms with Crippen LogP contribution in [0.4, 0.5) is 13.2 Å². The van der Waals surface area contributed by atoms with Gasteiger partial charge >= 0.3 is 6.18 Å². The molecule has 0 N–H and O–H groups in total. The van der Waals surface area contributed by atoms with E-state index in [1.807, 2.05) is 0 Å². The normalized spacial score (nSPS) is 11.9. The molecule has 0 aromatic heterocycles. The number of hydrogen-bond acceptors (Lipinski definition) is 1. The summed E-state index contributed by atoms with van der Waals surface area (Å²) in [5, 5.41) is 0. The van der Waals surface area contributed by atoms with Crippen molar-refractivity contribution >= 4 is 5.78 Å². The Bertz CT molecular complexity index is 419. The molecule has 0 aliphatic rings. The van der Waals surface area contributed by atoms with Crippen LogP contribution >= 0.6 is 0 Å². The minimum absolute atomic E-state index is 0.0521. The average molecular weight is 244 g/mol. The second-order valence-corrected chi connectivity index (χ2v) is 4.50. The first kappa shape index (κ1) is 13.7. The highest BCUT2D eigenvalue weighted by atomic mass is 19.4. The highest BCUT2D eigenvalue weighted by Gasteiger charge is 2.31. The van der Waals surface area contributed by atoms with Crippen molar-refractivity contribution in [2.75, 3.05) is 0 Å². The van der Waals surface area contributed by atoms with Gasteiger partial charge in [-0.25, -0.2) is 0 Å². The van der Waals surface area contributed by atoms with E-state index >= 15 is 0 Å². The molecular formula is C13H15F3O. The molecule has 0 radical (unpaired) electrons. The smallest absolute Gasteiger partial charge is 0.299 e. The zero-order valence-corrected chi connectivity index (χ0v) is 10.1. The molecule has 94 valence electrons. The van der Waals surface area contributed by atoms with Gasteiger partial charge in [0.1, 0.15) is 5.78 Å². The van der Waals surface area contributed by atoms with Gasteiger partial charge in [0.05, 0.1) is 5.56 Å². The van der Waals surface area contributed by atoms with Crippen molar-refractivity contribution in [1.29, 1.82) is 0 Å². The quantitative estimate of drug-likeness (QED) is 0.790. The lowest BCUT2D eigenvalue weighted by molar-refractivity contribution is -0.137. The summed E-state index contributed by atoms with van der Waals surface area (Å²) in [7, 11) is 0. The summed E-state index contributed by atoms with van der Waals surface area (Å²) >= 11 is 0. The summed E-state index contributed by atoms with van der Waals surface area (Å²) < 4.78 is 37.7. The largest absolute Gasteiger partial charge is 0.416 e. The zero-order valence-electron chi connectivity index (χ0n) is 10.1. The van der Waals surface area contributed by atoms with Crippen LogP contribution in [-0.2, 0) is 17.4 Å². The molecule has 1 nitrogen and oxygen atoms in total. The number of Topliss-reactive ketones (excluding diaryl/α,β-unsaturated/α-hetero) is 1. The number of hydrogen-bond donors (Lipinski definition) is 0. The Balaban J connectivity index is 3.02. The minimum atomic E-state index is -4.36. The molecule has 0 fully saturated rings. The lowest BCUT2D eigenvalue weighted by Gasteiger charge is -2.11. The van der Waals surface area contributed by atoms with Crippen molar-refractivity contribution in [2.24, 2.45) is 5.92 Å². The second kappa shape index (κ2) is 4.90. The number of rotatable bonds is 3. The number of halogens is 3. The minimum Gasteiger partial charge on any atom is -0.299 e. The Morgan fingerprint density at radius 3 is 2.29 bits per heavy atom. The molecule has 0 heterocycles. The summed E-state index contributed by atoms with van der Waals surface area (Å²) in [5.74, 6) is -0.214. The number of carbonyl (C=O) groups is 1. The van der Waals surface area contributed by atoms with Gasteiger partial charge in [0, 0.05) is 12.3 Å². The van der Waals surface area contributed by atoms with Crippen molar-refractivity contribution in [1.82, 2.24) is 0 Å². The SMILES string of the molecule is Cc1cc(CC(=O)C(C)C)cc(C(F)(F)F)c1. The molecule has 1 aromatic carbocycles. The molecule has 0 unspecified atom stereocenters. The van der Waals surface area contributed by atoms with E-state index in [0.717, 1.165) is 12.1 Å². The van der Waals surface area contributed by atoms with E-state index in [0.29, 0.717) is 11.1 Å². The molecule has 1 rings (SSSR count). The molecule has 0 saturated heterocycles. The summed E-state index contributed by atoms with van der Waals surface area (Å²) in [4.78, 5) is 11.5. The number of carbonyl (C=O) groups excluding carboxylic acids is 1. The van der Waals surface area contributed by atoms with Crippen LogP contribution in [0.3, 0.4) is 0 Å². The van der Waals surface area contributed by atoms with Crippen molar-refractivity contribution < 1.29 is 18.0 Å². The first-order valence-corrected chi connectivity index (χ1v) is 5.40. The molecule has 0 atom stereocenters. The summed E-state index contributed by atoms with van der Waals surface area (Å²) in [6.45, 7) is 5.07. The second-order valence-electron chi connectivity index (χ2n) is 4.50. The van der Waals surface area contributed by atoms with E-state index in [-0.39, 0.29) is 18.1 Å². The van der Waals surface area contributed by atoms with E-state index in [1.165, 1.54) is 0 Å². The first-order valence-electron chi connectivity index (χ1n) is 5.40. The number of aryl methyl sites for hydroxylation is 1. The Kier molecular flexibility index (Phi) is 3.96. The van der Waals surface area contributed by atoms with Gasteiger partial charge in [0.2, 0.25) is 0 Å². The van der Waals surface area contributed by atoms with E-state index < -0.39 is 11.7 Å². The van der Waals surface area contributed by atoms with Crippen LogP contribution in [-0.4, -0.2) is 5.78 Å². The summed E-state index contributed by atoms with van der Waals surface area (Å²) in [6.07, 6.45) is -4.30. The summed E-state index contributed by atoms with van der Waals surface area (Å²) in [5.41, 5.74) is 0.256. The summed E-state index contributed by atoms with van der Waals surface area (Å²) in [6, 6.07) is 3.76. The number of alkyl halides is 3. The Morgan fingerprint density at radius 2 is 1.82 bits per heavy atom. The maximum atomic E-state index is 12.6. The third-order valence-electron chi connectivity index (χ3n) is 2.49. The fourth-order valence-corrected chi connectivity index (χ4v) is 1.53. The molecule has 1 aromatic rings. The van der Waals surface area contributed by atoms with Crippen LogP contribution in [0.25, 0.3) is 0 Å². The molecule has 0 aliphatic heterocycles. The fraction of sp³-hybridized carbons (Fsp3) is 0.462. The molecule has 0 amide bonds. The topological polar surface area (TPSA) is 17.1 Å². The Morgan fingerprint density at radius 1 is 1.24 bits per heavy atom. The lowest BCUT2D eigenvalue weighted by atomic mass is 9.98. The molecule has 0 spiro atoms. The first-order chi connectivity index (χ1) is 7.70. The molecule has 4 heteroatoms. The molecule has 17 heavy (non-hydrogen) atoms. The van der Waals surface area contributed by atoms with Crippen LogP contribution in [0.1, 0.15) is 30.5 Å². The number of benzene rings is 1. The van der Waals surface area contributed by atoms with Gasteiger partial charge in [-0.1, -0.05) is 25.5 Å². The zero-order chi connectivity index (χ0) is 13.2. The maximum absolute atomic E-state index is 12.6. The predicted molar refractivity (Wildman–Crippen MR) is 59.7 cm³/mol. The van der Waals surface area contributed by atoms with Gasteiger partial charge < -0.3 is 0 Å². The van der Waals surface area contributed by atoms with Crippen LogP contribution in [0.5, 0.6) is 0 Å². The van der Waals surface area contributed by atoms with Crippen molar-refractivity contribution in [2.45, 2.75) is 33.4 Å². The van der Waals surface area contributed by atoms with E-state index in [4.69, 9.17) is 0 Å². The standard InChI is InChI=1S/C13H15F3O/c1-8(2)12(17)7-10-4-9(3)5-11(6-10)13(14,15)16/h4-6,8H,7H2,1-3H3. The fourth-order valence-electron chi connectivity index (χ4n) is 1.53. The van der Waals surface area contributed by atoms with Gasteiger partial charge in [0.15, 0.2) is 0 Å². The van der Waals surface area contributed by atoms with Gasteiger partial charge in [-0.15, -0.1) is 0 Å². The van der Waals surface area contributed by atoms with E-state index in [1.54, 1.807) is 26.8 Å². The highest BCUT2D eigenvalue weighted by Crippen LogP contribution is 2.30. The van der Waals surface area contributed by atoms with E-state index in [2.05, 4.69) is 0 Å². The third kappa shape index (κ3) is 3.88. The van der Waals surface area contributed by atoms with Gasteiger partial charge in [0.25, 0.3) is 0 Å². The van der Waals surface area contributed by atoms with E-state index in [9.17, 15) is 18.0 Å². The predicted octanol–water partition coefficient (Wildman–Crippen LogP) is 3.78. The molecule has 0 aliphatic carbocycles. The van der Waals surface area contributed by atoms with Crippen LogP contribution in [0.2, 0.25) is 0 Å². The van der Waals surface area contributed by atoms with Crippen molar-refractivity contribution in [3.8, 4) is 0 Å². The highest BCUT2D eigenvalue weighted by molar-refractivity contribution is 5.82. The van der Waals surface area contributed by atoms with Gasteiger partial charge in [-0.05, 0) is 24.6 Å². The van der Waals surface area contributed by atoms with Crippen molar-refractivity contribution in [3.63, 3.8) is 0 Å². The Hall–Kier alpha value is -1.32. The van der Waals surface area contributed by atoms with Crippen LogP contribution in [0.15, 0.2) is 18.2 Å². The van der Waals surface area contributed by atoms with Crippen LogP contribution < -0.4 is 0 Å². The lowest BCUT2D eigenvalue weighted by Crippen LogP contribution is -2.12. The molecule has 0 bridgehead atoms. The molecular weight excluding hydrogens is 229 g/mol. The monoisotopic (exact) mass is 244 g/mol. The average Bonchev–Trinajstić information content (AvgIpc) is 2.15.